The second kappa shape index (κ2) is 7.63. The highest BCUT2D eigenvalue weighted by atomic mass is 32.2. The molecule has 0 aliphatic carbocycles. The lowest BCUT2D eigenvalue weighted by molar-refractivity contribution is 0.179. The first-order valence-corrected chi connectivity index (χ1v) is 9.05. The predicted molar refractivity (Wildman–Crippen MR) is 88.5 cm³/mol. The first-order valence-electron chi connectivity index (χ1n) is 7.67. The topological polar surface area (TPSA) is 58.6 Å². The van der Waals surface area contributed by atoms with Crippen LogP contribution in [0.5, 0.6) is 5.75 Å². The summed E-state index contributed by atoms with van der Waals surface area (Å²) in [5, 5.41) is 2.95. The van der Waals surface area contributed by atoms with Gasteiger partial charge < -0.3 is 15.0 Å². The van der Waals surface area contributed by atoms with Crippen molar-refractivity contribution in [2.45, 2.75) is 38.6 Å². The van der Waals surface area contributed by atoms with Crippen molar-refractivity contribution >= 4 is 16.8 Å². The van der Waals surface area contributed by atoms with Gasteiger partial charge in [0.05, 0.1) is 11.9 Å². The monoisotopic (exact) mass is 324 g/mol. The second-order valence-electron chi connectivity index (χ2n) is 5.42. The average Bonchev–Trinajstić information content (AvgIpc) is 2.52. The van der Waals surface area contributed by atoms with Gasteiger partial charge in [0.25, 0.3) is 0 Å². The highest BCUT2D eigenvalue weighted by Gasteiger charge is 2.32. The number of hydrogen-bond donors (Lipinski definition) is 1. The minimum absolute atomic E-state index is 0.00945. The molecule has 0 spiro atoms. The van der Waals surface area contributed by atoms with Gasteiger partial charge in [-0.25, -0.2) is 4.79 Å². The molecule has 1 N–H and O–H groups in total. The van der Waals surface area contributed by atoms with Crippen LogP contribution in [0.1, 0.15) is 26.3 Å². The fourth-order valence-electron chi connectivity index (χ4n) is 2.56. The molecular formula is C16H24N2O3S. The standard InChI is InChI=1S/C16H24N2O3S/c1-4-21-15-8-6-5-7-14(15)11-17-16(19)18-9-10-22(20)13(3)12(18)2/h5-8,12-13H,4,9-11H2,1-3H3,(H,17,19). The van der Waals surface area contributed by atoms with Crippen LogP contribution in [0.25, 0.3) is 0 Å². The third-order valence-corrected chi connectivity index (χ3v) is 5.89. The Kier molecular flexibility index (Phi) is 5.83. The zero-order chi connectivity index (χ0) is 16.1. The summed E-state index contributed by atoms with van der Waals surface area (Å²) < 4.78 is 17.4. The number of ether oxygens (including phenoxy) is 1. The lowest BCUT2D eigenvalue weighted by Gasteiger charge is -2.37. The molecule has 0 aromatic heterocycles. The van der Waals surface area contributed by atoms with E-state index in [1.807, 2.05) is 45.0 Å². The van der Waals surface area contributed by atoms with Crippen LogP contribution in [0.15, 0.2) is 24.3 Å². The first-order chi connectivity index (χ1) is 10.5. The molecule has 3 atom stereocenters. The van der Waals surface area contributed by atoms with Gasteiger partial charge in [0.1, 0.15) is 5.75 Å². The van der Waals surface area contributed by atoms with Crippen LogP contribution in [0.4, 0.5) is 4.79 Å². The Hall–Kier alpha value is -1.56. The van der Waals surface area contributed by atoms with Crippen molar-refractivity contribution < 1.29 is 13.7 Å². The number of rotatable bonds is 4. The molecule has 1 aliphatic rings. The SMILES string of the molecule is CCOc1ccccc1CNC(=O)N1CCS(=O)C(C)C1C. The Balaban J connectivity index is 1.97. The first kappa shape index (κ1) is 16.8. The van der Waals surface area contributed by atoms with Crippen molar-refractivity contribution in [3.8, 4) is 5.75 Å². The summed E-state index contributed by atoms with van der Waals surface area (Å²) in [4.78, 5) is 14.2. The zero-order valence-electron chi connectivity index (χ0n) is 13.4. The van der Waals surface area contributed by atoms with Crippen molar-refractivity contribution in [2.75, 3.05) is 18.9 Å². The van der Waals surface area contributed by atoms with E-state index in [9.17, 15) is 9.00 Å². The largest absolute Gasteiger partial charge is 0.494 e. The van der Waals surface area contributed by atoms with E-state index in [-0.39, 0.29) is 17.3 Å². The smallest absolute Gasteiger partial charge is 0.317 e. The number of nitrogens with one attached hydrogen (secondary N) is 1. The molecule has 22 heavy (non-hydrogen) atoms. The molecule has 2 amide bonds. The van der Waals surface area contributed by atoms with Crippen molar-refractivity contribution in [3.05, 3.63) is 29.8 Å². The molecule has 122 valence electrons. The van der Waals surface area contributed by atoms with E-state index in [4.69, 9.17) is 4.74 Å². The number of nitrogens with zero attached hydrogens (tertiary/aromatic N) is 1. The number of para-hydroxylation sites is 1. The molecule has 5 nitrogen and oxygen atoms in total. The molecule has 1 aromatic carbocycles. The third-order valence-electron chi connectivity index (χ3n) is 4.08. The molecule has 2 rings (SSSR count). The van der Waals surface area contributed by atoms with Gasteiger partial charge >= 0.3 is 6.03 Å². The number of carbonyl (C=O) groups is 1. The summed E-state index contributed by atoms with van der Waals surface area (Å²) >= 11 is 0. The maximum Gasteiger partial charge on any atom is 0.317 e. The van der Waals surface area contributed by atoms with Crippen LogP contribution in [-0.4, -0.2) is 45.3 Å². The van der Waals surface area contributed by atoms with Gasteiger partial charge in [-0.3, -0.25) is 4.21 Å². The summed E-state index contributed by atoms with van der Waals surface area (Å²) in [6.07, 6.45) is 0. The minimum Gasteiger partial charge on any atom is -0.494 e. The molecule has 1 aromatic rings. The maximum atomic E-state index is 12.4. The van der Waals surface area contributed by atoms with Crippen molar-refractivity contribution in [1.82, 2.24) is 10.2 Å². The van der Waals surface area contributed by atoms with E-state index in [1.54, 1.807) is 4.90 Å². The lowest BCUT2D eigenvalue weighted by Crippen LogP contribution is -2.55. The van der Waals surface area contributed by atoms with Gasteiger partial charge in [-0.1, -0.05) is 18.2 Å². The summed E-state index contributed by atoms with van der Waals surface area (Å²) in [7, 11) is -0.840. The van der Waals surface area contributed by atoms with Crippen LogP contribution in [-0.2, 0) is 17.3 Å². The van der Waals surface area contributed by atoms with Gasteiger partial charge in [0, 0.05) is 41.2 Å². The average molecular weight is 324 g/mol. The summed E-state index contributed by atoms with van der Waals surface area (Å²) in [6, 6.07) is 7.57. The summed E-state index contributed by atoms with van der Waals surface area (Å²) in [5.41, 5.74) is 0.957. The Morgan fingerprint density at radius 1 is 1.41 bits per heavy atom. The molecule has 0 saturated carbocycles. The van der Waals surface area contributed by atoms with Gasteiger partial charge in [0.2, 0.25) is 0 Å². The quantitative estimate of drug-likeness (QED) is 0.923. The summed E-state index contributed by atoms with van der Waals surface area (Å²) in [5.74, 6) is 1.35. The zero-order valence-corrected chi connectivity index (χ0v) is 14.2. The van der Waals surface area contributed by atoms with E-state index < -0.39 is 10.8 Å². The number of urea groups is 1. The molecule has 1 fully saturated rings. The van der Waals surface area contributed by atoms with Gasteiger partial charge in [-0.2, -0.15) is 0 Å². The maximum absolute atomic E-state index is 12.4. The Bertz CT molecular complexity index is 550. The fourth-order valence-corrected chi connectivity index (χ4v) is 3.89. The molecule has 1 heterocycles. The van der Waals surface area contributed by atoms with Crippen LogP contribution < -0.4 is 10.1 Å². The number of carbonyl (C=O) groups excluding carboxylic acids is 1. The van der Waals surface area contributed by atoms with E-state index in [1.165, 1.54) is 0 Å². The van der Waals surface area contributed by atoms with Crippen LogP contribution >= 0.6 is 0 Å². The Labute approximate surface area is 134 Å². The normalized spacial score (nSPS) is 24.9. The van der Waals surface area contributed by atoms with Crippen molar-refractivity contribution in [3.63, 3.8) is 0 Å². The van der Waals surface area contributed by atoms with Crippen LogP contribution in [0.3, 0.4) is 0 Å². The van der Waals surface area contributed by atoms with E-state index in [0.29, 0.717) is 25.4 Å². The fraction of sp³-hybridized carbons (Fsp3) is 0.562. The van der Waals surface area contributed by atoms with E-state index >= 15 is 0 Å². The van der Waals surface area contributed by atoms with E-state index in [0.717, 1.165) is 11.3 Å². The van der Waals surface area contributed by atoms with Gasteiger partial charge in [-0.05, 0) is 26.8 Å². The molecular weight excluding hydrogens is 300 g/mol. The molecule has 6 heteroatoms. The molecule has 3 unspecified atom stereocenters. The predicted octanol–water partition coefficient (Wildman–Crippen LogP) is 2.14. The Morgan fingerprint density at radius 3 is 2.86 bits per heavy atom. The Morgan fingerprint density at radius 2 is 2.14 bits per heavy atom. The van der Waals surface area contributed by atoms with E-state index in [2.05, 4.69) is 5.32 Å². The second-order valence-corrected chi connectivity index (χ2v) is 7.34. The number of amides is 2. The minimum atomic E-state index is -0.840. The molecule has 0 radical (unpaired) electrons. The van der Waals surface area contributed by atoms with Crippen molar-refractivity contribution in [1.29, 1.82) is 0 Å². The summed E-state index contributed by atoms with van der Waals surface area (Å²) in [6.45, 7) is 7.39. The molecule has 1 aliphatic heterocycles. The number of benzene rings is 1. The van der Waals surface area contributed by atoms with Gasteiger partial charge in [-0.15, -0.1) is 0 Å². The molecule has 1 saturated heterocycles. The third kappa shape index (κ3) is 3.80. The molecule has 0 bridgehead atoms. The lowest BCUT2D eigenvalue weighted by atomic mass is 10.2. The highest BCUT2D eigenvalue weighted by molar-refractivity contribution is 7.85. The number of hydrogen-bond acceptors (Lipinski definition) is 3. The van der Waals surface area contributed by atoms with Gasteiger partial charge in [0.15, 0.2) is 0 Å². The van der Waals surface area contributed by atoms with Crippen molar-refractivity contribution in [2.24, 2.45) is 0 Å². The van der Waals surface area contributed by atoms with Crippen LogP contribution in [0, 0.1) is 0 Å². The highest BCUT2D eigenvalue weighted by Crippen LogP contribution is 2.19. The van der Waals surface area contributed by atoms with Crippen LogP contribution in [0.2, 0.25) is 0 Å².